The molecule has 0 aliphatic carbocycles. The van der Waals surface area contributed by atoms with Gasteiger partial charge in [-0.05, 0) is 6.92 Å². The quantitative estimate of drug-likeness (QED) is 0.513. The fraction of sp³-hybridized carbons (Fsp3) is 0.333. The summed E-state index contributed by atoms with van der Waals surface area (Å²) in [6, 6.07) is 0. The minimum Gasteiger partial charge on any atom is -0.382 e. The molecule has 0 fully saturated rings. The molecule has 0 aliphatic heterocycles. The molecule has 0 aliphatic rings. The maximum atomic E-state index is 8.90. The smallest absolute Gasteiger partial charge is 0.0975 e. The van der Waals surface area contributed by atoms with Gasteiger partial charge in [0.25, 0.3) is 0 Å². The molecular formula is C6H10O. The highest BCUT2D eigenvalue weighted by atomic mass is 16.3. The van der Waals surface area contributed by atoms with Crippen LogP contribution in [0.15, 0.2) is 25.3 Å². The Kier molecular flexibility index (Phi) is 1.78. The second kappa shape index (κ2) is 1.94. The molecule has 0 aromatic carbocycles. The van der Waals surface area contributed by atoms with Gasteiger partial charge >= 0.3 is 0 Å². The molecule has 0 amide bonds. The fourth-order valence-corrected chi connectivity index (χ4v) is 0.0833. The summed E-state index contributed by atoms with van der Waals surface area (Å²) >= 11 is 0. The van der Waals surface area contributed by atoms with E-state index in [-0.39, 0.29) is 0 Å². The first-order chi connectivity index (χ1) is 3.12. The third kappa shape index (κ3) is 2.18. The van der Waals surface area contributed by atoms with Crippen LogP contribution < -0.4 is 0 Å². The van der Waals surface area contributed by atoms with Crippen molar-refractivity contribution in [2.24, 2.45) is 0 Å². The summed E-state index contributed by atoms with van der Waals surface area (Å²) in [5, 5.41) is 8.90. The van der Waals surface area contributed by atoms with Gasteiger partial charge in [-0.25, -0.2) is 0 Å². The molecule has 0 aromatic heterocycles. The maximum Gasteiger partial charge on any atom is 0.0975 e. The lowest BCUT2D eigenvalue weighted by Gasteiger charge is -2.09. The zero-order valence-corrected chi connectivity index (χ0v) is 4.52. The van der Waals surface area contributed by atoms with Crippen molar-refractivity contribution in [3.63, 3.8) is 0 Å². The van der Waals surface area contributed by atoms with Gasteiger partial charge in [0, 0.05) is 0 Å². The molecule has 0 saturated heterocycles. The monoisotopic (exact) mass is 98.1 g/mol. The van der Waals surface area contributed by atoms with Gasteiger partial charge in [-0.1, -0.05) is 25.3 Å². The lowest BCUT2D eigenvalue weighted by atomic mass is 10.1. The Labute approximate surface area is 44.0 Å². The van der Waals surface area contributed by atoms with E-state index in [1.807, 2.05) is 0 Å². The van der Waals surface area contributed by atoms with Crippen LogP contribution in [-0.2, 0) is 0 Å². The van der Waals surface area contributed by atoms with Gasteiger partial charge < -0.3 is 5.11 Å². The van der Waals surface area contributed by atoms with Crippen molar-refractivity contribution in [3.05, 3.63) is 25.3 Å². The lowest BCUT2D eigenvalue weighted by Crippen LogP contribution is -2.14. The third-order valence-corrected chi connectivity index (χ3v) is 0.827. The minimum absolute atomic E-state index is 0.889. The number of hydrogen-bond acceptors (Lipinski definition) is 1. The Bertz CT molecular complexity index is 72.2. The Morgan fingerprint density at radius 3 is 1.71 bits per heavy atom. The molecule has 7 heavy (non-hydrogen) atoms. The van der Waals surface area contributed by atoms with E-state index in [9.17, 15) is 0 Å². The highest BCUT2D eigenvalue weighted by Gasteiger charge is 2.06. The summed E-state index contributed by atoms with van der Waals surface area (Å²) in [5.41, 5.74) is -0.889. The van der Waals surface area contributed by atoms with E-state index in [2.05, 4.69) is 13.2 Å². The van der Waals surface area contributed by atoms with E-state index in [0.29, 0.717) is 0 Å². The lowest BCUT2D eigenvalue weighted by molar-refractivity contribution is 0.165. The zero-order chi connectivity index (χ0) is 5.91. The minimum atomic E-state index is -0.889. The normalized spacial score (nSPS) is 10.6. The fourth-order valence-electron chi connectivity index (χ4n) is 0.0833. The van der Waals surface area contributed by atoms with Gasteiger partial charge in [-0.2, -0.15) is 0 Å². The van der Waals surface area contributed by atoms with Gasteiger partial charge in [-0.3, -0.25) is 0 Å². The summed E-state index contributed by atoms with van der Waals surface area (Å²) in [5.74, 6) is 0. The molecule has 0 heterocycles. The molecule has 0 radical (unpaired) electrons. The second-order valence-corrected chi connectivity index (χ2v) is 1.63. The molecule has 1 nitrogen and oxygen atoms in total. The van der Waals surface area contributed by atoms with Crippen LogP contribution in [0.3, 0.4) is 0 Å². The van der Waals surface area contributed by atoms with Crippen molar-refractivity contribution in [2.45, 2.75) is 12.5 Å². The van der Waals surface area contributed by atoms with Crippen LogP contribution in [0.1, 0.15) is 6.92 Å². The molecule has 1 heteroatoms. The molecule has 0 spiro atoms. The largest absolute Gasteiger partial charge is 0.382 e. The molecule has 0 unspecified atom stereocenters. The van der Waals surface area contributed by atoms with Crippen molar-refractivity contribution in [1.82, 2.24) is 0 Å². The summed E-state index contributed by atoms with van der Waals surface area (Å²) in [6.07, 6.45) is 2.86. The number of aliphatic hydroxyl groups is 1. The second-order valence-electron chi connectivity index (χ2n) is 1.63. The molecule has 0 atom stereocenters. The number of rotatable bonds is 2. The van der Waals surface area contributed by atoms with Crippen LogP contribution in [0.4, 0.5) is 0 Å². The van der Waals surface area contributed by atoms with Crippen molar-refractivity contribution in [1.29, 1.82) is 0 Å². The van der Waals surface area contributed by atoms with Crippen LogP contribution in [0, 0.1) is 0 Å². The predicted octanol–water partition coefficient (Wildman–Crippen LogP) is 1.11. The van der Waals surface area contributed by atoms with E-state index >= 15 is 0 Å². The van der Waals surface area contributed by atoms with Crippen molar-refractivity contribution in [3.8, 4) is 0 Å². The first-order valence-corrected chi connectivity index (χ1v) is 2.12. The third-order valence-electron chi connectivity index (χ3n) is 0.827. The summed E-state index contributed by atoms with van der Waals surface area (Å²) in [7, 11) is 0. The van der Waals surface area contributed by atoms with Gasteiger partial charge in [0.15, 0.2) is 0 Å². The van der Waals surface area contributed by atoms with E-state index in [1.165, 1.54) is 12.2 Å². The van der Waals surface area contributed by atoms with Crippen molar-refractivity contribution >= 4 is 0 Å². The molecule has 0 rings (SSSR count). The predicted molar refractivity (Wildman–Crippen MR) is 31.0 cm³/mol. The SMILES string of the molecule is C=CC(C)(O)C=C. The highest BCUT2D eigenvalue weighted by Crippen LogP contribution is 2.02. The molecule has 0 aromatic rings. The average molecular weight is 98.1 g/mol. The Morgan fingerprint density at radius 1 is 1.43 bits per heavy atom. The topological polar surface area (TPSA) is 20.2 Å². The zero-order valence-electron chi connectivity index (χ0n) is 4.52. The molecule has 0 bridgehead atoms. The number of hydrogen-bond donors (Lipinski definition) is 1. The summed E-state index contributed by atoms with van der Waals surface area (Å²) in [6.45, 7) is 8.38. The van der Waals surface area contributed by atoms with Crippen LogP contribution in [0.2, 0.25) is 0 Å². The van der Waals surface area contributed by atoms with Crippen molar-refractivity contribution < 1.29 is 5.11 Å². The Balaban J connectivity index is 3.82. The van der Waals surface area contributed by atoms with Crippen LogP contribution >= 0.6 is 0 Å². The van der Waals surface area contributed by atoms with Crippen LogP contribution in [-0.4, -0.2) is 10.7 Å². The van der Waals surface area contributed by atoms with Crippen LogP contribution in [0.5, 0.6) is 0 Å². The maximum absolute atomic E-state index is 8.90. The molecular weight excluding hydrogens is 88.1 g/mol. The van der Waals surface area contributed by atoms with E-state index < -0.39 is 5.60 Å². The van der Waals surface area contributed by atoms with E-state index in [0.717, 1.165) is 0 Å². The van der Waals surface area contributed by atoms with E-state index in [4.69, 9.17) is 5.11 Å². The summed E-state index contributed by atoms with van der Waals surface area (Å²) in [4.78, 5) is 0. The van der Waals surface area contributed by atoms with Gasteiger partial charge in [0.1, 0.15) is 0 Å². The first kappa shape index (κ1) is 6.44. The Hall–Kier alpha value is -0.560. The average Bonchev–Trinajstić information content (AvgIpc) is 1.68. The summed E-state index contributed by atoms with van der Waals surface area (Å²) < 4.78 is 0. The van der Waals surface area contributed by atoms with Crippen molar-refractivity contribution in [2.75, 3.05) is 0 Å². The molecule has 1 N–H and O–H groups in total. The molecule has 0 saturated carbocycles. The Morgan fingerprint density at radius 2 is 1.71 bits per heavy atom. The molecule has 40 valence electrons. The van der Waals surface area contributed by atoms with Gasteiger partial charge in [0.2, 0.25) is 0 Å². The van der Waals surface area contributed by atoms with E-state index in [1.54, 1.807) is 6.92 Å². The van der Waals surface area contributed by atoms with Gasteiger partial charge in [-0.15, -0.1) is 0 Å². The first-order valence-electron chi connectivity index (χ1n) is 2.12. The van der Waals surface area contributed by atoms with Gasteiger partial charge in [0.05, 0.1) is 5.60 Å². The standard InChI is InChI=1S/C6H10O/c1-4-6(3,7)5-2/h4-5,7H,1-2H2,3H3. The highest BCUT2D eigenvalue weighted by molar-refractivity contribution is 5.04. The van der Waals surface area contributed by atoms with Crippen LogP contribution in [0.25, 0.3) is 0 Å².